The number of imide groups is 1. The number of halogens is 1. The Morgan fingerprint density at radius 3 is 2.39 bits per heavy atom. The molecule has 0 bridgehead atoms. The molecule has 2 aromatic rings. The molecule has 1 heterocycles. The molecule has 3 amide bonds. The summed E-state index contributed by atoms with van der Waals surface area (Å²) in [5.41, 5.74) is 0.498. The highest BCUT2D eigenvalue weighted by Gasteiger charge is 2.53. The van der Waals surface area contributed by atoms with Gasteiger partial charge in [0, 0.05) is 5.56 Å². The van der Waals surface area contributed by atoms with Crippen molar-refractivity contribution in [3.8, 4) is 0 Å². The van der Waals surface area contributed by atoms with Gasteiger partial charge in [0.05, 0.1) is 22.4 Å². The van der Waals surface area contributed by atoms with Crippen molar-refractivity contribution in [3.63, 3.8) is 0 Å². The van der Waals surface area contributed by atoms with E-state index in [2.05, 4.69) is 0 Å². The molecule has 1 fully saturated rings. The van der Waals surface area contributed by atoms with Gasteiger partial charge in [0.25, 0.3) is 17.7 Å². The first-order chi connectivity index (χ1) is 14.9. The summed E-state index contributed by atoms with van der Waals surface area (Å²) < 4.78 is 0. The molecular formula is C24H21ClN2O4. The molecule has 7 heteroatoms. The van der Waals surface area contributed by atoms with Crippen molar-refractivity contribution < 1.29 is 19.2 Å². The maximum Gasteiger partial charge on any atom is 0.274 e. The van der Waals surface area contributed by atoms with Gasteiger partial charge in [-0.1, -0.05) is 73.1 Å². The minimum atomic E-state index is -0.671. The predicted molar refractivity (Wildman–Crippen MR) is 115 cm³/mol. The lowest BCUT2D eigenvalue weighted by Gasteiger charge is -2.30. The van der Waals surface area contributed by atoms with Crippen molar-refractivity contribution in [1.29, 1.82) is 0 Å². The second kappa shape index (κ2) is 8.47. The first-order valence-corrected chi connectivity index (χ1v) is 10.5. The first kappa shape index (κ1) is 21.0. The van der Waals surface area contributed by atoms with E-state index >= 15 is 0 Å². The second-order valence-corrected chi connectivity index (χ2v) is 8.18. The molecule has 6 nitrogen and oxygen atoms in total. The number of rotatable bonds is 5. The van der Waals surface area contributed by atoms with E-state index in [0.717, 1.165) is 10.0 Å². The number of Topliss-reactive ketones (excluding diaryl/α,β-unsaturated/α-hetero) is 1. The number of nitrogens with zero attached hydrogens (tertiary/aromatic N) is 2. The van der Waals surface area contributed by atoms with Gasteiger partial charge in [-0.05, 0) is 24.5 Å². The maximum absolute atomic E-state index is 13.4. The summed E-state index contributed by atoms with van der Waals surface area (Å²) in [6.07, 6.45) is 4.22. The Morgan fingerprint density at radius 2 is 1.71 bits per heavy atom. The third kappa shape index (κ3) is 3.79. The number of amides is 3. The predicted octanol–water partition coefficient (Wildman–Crippen LogP) is 3.78. The smallest absolute Gasteiger partial charge is 0.274 e. The van der Waals surface area contributed by atoms with Gasteiger partial charge < -0.3 is 0 Å². The number of hydrazine groups is 1. The molecule has 158 valence electrons. The molecule has 0 aromatic heterocycles. The fraction of sp³-hybridized carbons (Fsp3) is 0.250. The van der Waals surface area contributed by atoms with Gasteiger partial charge in [0.2, 0.25) is 0 Å². The average molecular weight is 437 g/mol. The van der Waals surface area contributed by atoms with Crippen molar-refractivity contribution in [2.45, 2.75) is 13.3 Å². The molecule has 0 saturated carbocycles. The number of hydrogen-bond donors (Lipinski definition) is 0. The van der Waals surface area contributed by atoms with Crippen LogP contribution in [0.25, 0.3) is 0 Å². The van der Waals surface area contributed by atoms with Crippen LogP contribution in [0, 0.1) is 17.8 Å². The SMILES string of the molecule is C[C@@H]1C=CC[C@@H]2C(=O)N(N(CC(=O)c3ccccc3)C(=O)c3ccccc3Cl)C(=O)[C@H]12. The first-order valence-electron chi connectivity index (χ1n) is 10.1. The summed E-state index contributed by atoms with van der Waals surface area (Å²) in [4.78, 5) is 52.8. The highest BCUT2D eigenvalue weighted by atomic mass is 35.5. The second-order valence-electron chi connectivity index (χ2n) is 7.78. The summed E-state index contributed by atoms with van der Waals surface area (Å²) in [6.45, 7) is 1.42. The van der Waals surface area contributed by atoms with E-state index in [9.17, 15) is 19.2 Å². The Labute approximate surface area is 185 Å². The average Bonchev–Trinajstić information content (AvgIpc) is 3.03. The van der Waals surface area contributed by atoms with Crippen LogP contribution in [0.5, 0.6) is 0 Å². The third-order valence-corrected chi connectivity index (χ3v) is 6.15. The van der Waals surface area contributed by atoms with Crippen LogP contribution in [0.3, 0.4) is 0 Å². The minimum absolute atomic E-state index is 0.117. The van der Waals surface area contributed by atoms with E-state index in [-0.39, 0.29) is 22.3 Å². The molecule has 2 aliphatic rings. The maximum atomic E-state index is 13.4. The van der Waals surface area contributed by atoms with E-state index in [1.807, 2.05) is 19.1 Å². The zero-order valence-corrected chi connectivity index (χ0v) is 17.7. The van der Waals surface area contributed by atoms with Crippen molar-refractivity contribution in [3.05, 3.63) is 82.9 Å². The van der Waals surface area contributed by atoms with Gasteiger partial charge >= 0.3 is 0 Å². The van der Waals surface area contributed by atoms with Crippen LogP contribution in [-0.4, -0.2) is 40.1 Å². The van der Waals surface area contributed by atoms with Gasteiger partial charge in [0.15, 0.2) is 5.78 Å². The van der Waals surface area contributed by atoms with Crippen LogP contribution in [0.1, 0.15) is 34.1 Å². The monoisotopic (exact) mass is 436 g/mol. The summed E-state index contributed by atoms with van der Waals surface area (Å²) in [5, 5.41) is 1.99. The topological polar surface area (TPSA) is 74.8 Å². The van der Waals surface area contributed by atoms with Gasteiger partial charge in [-0.15, -0.1) is 0 Å². The fourth-order valence-corrected chi connectivity index (χ4v) is 4.44. The van der Waals surface area contributed by atoms with E-state index in [4.69, 9.17) is 11.6 Å². The Morgan fingerprint density at radius 1 is 1.03 bits per heavy atom. The zero-order chi connectivity index (χ0) is 22.1. The highest BCUT2D eigenvalue weighted by Crippen LogP contribution is 2.39. The molecule has 0 N–H and O–H groups in total. The van der Waals surface area contributed by atoms with E-state index < -0.39 is 36.1 Å². The van der Waals surface area contributed by atoms with Crippen LogP contribution in [0.4, 0.5) is 0 Å². The number of carbonyl (C=O) groups excluding carboxylic acids is 4. The highest BCUT2D eigenvalue weighted by molar-refractivity contribution is 6.34. The molecule has 31 heavy (non-hydrogen) atoms. The molecular weight excluding hydrogens is 416 g/mol. The van der Waals surface area contributed by atoms with Gasteiger partial charge in [-0.2, -0.15) is 5.01 Å². The lowest BCUT2D eigenvalue weighted by molar-refractivity contribution is -0.154. The number of hydrogen-bond acceptors (Lipinski definition) is 4. The van der Waals surface area contributed by atoms with Crippen molar-refractivity contribution in [2.24, 2.45) is 17.8 Å². The van der Waals surface area contributed by atoms with Gasteiger partial charge in [-0.3, -0.25) is 19.2 Å². The summed E-state index contributed by atoms with van der Waals surface area (Å²) >= 11 is 6.21. The lowest BCUT2D eigenvalue weighted by Crippen LogP contribution is -2.52. The fourth-order valence-electron chi connectivity index (χ4n) is 4.23. The van der Waals surface area contributed by atoms with Crippen molar-refractivity contribution in [1.82, 2.24) is 10.0 Å². The molecule has 3 atom stereocenters. The quantitative estimate of drug-likeness (QED) is 0.406. The number of ketones is 1. The molecule has 0 spiro atoms. The van der Waals surface area contributed by atoms with Gasteiger partial charge in [-0.25, -0.2) is 5.01 Å². The third-order valence-electron chi connectivity index (χ3n) is 5.82. The van der Waals surface area contributed by atoms with Crippen LogP contribution in [0.15, 0.2) is 66.7 Å². The van der Waals surface area contributed by atoms with Crippen LogP contribution < -0.4 is 0 Å². The minimum Gasteiger partial charge on any atom is -0.292 e. The molecule has 1 aliphatic heterocycles. The standard InChI is InChI=1S/C24H21ClN2O4/c1-15-8-7-12-18-21(15)24(31)27(23(18)30)26(14-20(28)16-9-3-2-4-10-16)22(29)17-11-5-6-13-19(17)25/h2-11,13,15,18,21H,12,14H2,1H3/t15-,18+,21-/m1/s1. The Balaban J connectivity index is 1.73. The van der Waals surface area contributed by atoms with Crippen molar-refractivity contribution in [2.75, 3.05) is 6.54 Å². The molecule has 2 aromatic carbocycles. The molecule has 0 radical (unpaired) electrons. The molecule has 1 aliphatic carbocycles. The Kier molecular flexibility index (Phi) is 5.74. The Hall–Kier alpha value is -3.25. The Bertz CT molecular complexity index is 1080. The lowest BCUT2D eigenvalue weighted by atomic mass is 9.78. The molecule has 1 saturated heterocycles. The van der Waals surface area contributed by atoms with E-state index in [1.54, 1.807) is 48.5 Å². The normalized spacial score (nSPS) is 22.4. The largest absolute Gasteiger partial charge is 0.292 e. The van der Waals surface area contributed by atoms with Crippen LogP contribution in [-0.2, 0) is 9.59 Å². The summed E-state index contributed by atoms with van der Waals surface area (Å²) in [6, 6.07) is 14.8. The van der Waals surface area contributed by atoms with Crippen molar-refractivity contribution >= 4 is 35.1 Å². The zero-order valence-electron chi connectivity index (χ0n) is 16.9. The number of benzene rings is 2. The number of carbonyl (C=O) groups is 4. The number of allylic oxidation sites excluding steroid dienone is 2. The van der Waals surface area contributed by atoms with E-state index in [1.165, 1.54) is 6.07 Å². The summed E-state index contributed by atoms with van der Waals surface area (Å²) in [5.74, 6) is -3.21. The van der Waals surface area contributed by atoms with Gasteiger partial charge in [0.1, 0.15) is 6.54 Å². The van der Waals surface area contributed by atoms with E-state index in [0.29, 0.717) is 12.0 Å². The van der Waals surface area contributed by atoms with Crippen LogP contribution in [0.2, 0.25) is 5.02 Å². The molecule has 4 rings (SSSR count). The number of fused-ring (bicyclic) bond motifs is 1. The summed E-state index contributed by atoms with van der Waals surface area (Å²) in [7, 11) is 0. The van der Waals surface area contributed by atoms with Crippen LogP contribution >= 0.6 is 11.6 Å². The molecule has 0 unspecified atom stereocenters.